The first-order valence-electron chi connectivity index (χ1n) is 6.89. The van der Waals surface area contributed by atoms with Crippen molar-refractivity contribution < 1.29 is 4.74 Å². The molecule has 0 atom stereocenters. The lowest BCUT2D eigenvalue weighted by Crippen LogP contribution is -2.11. The van der Waals surface area contributed by atoms with Gasteiger partial charge in [-0.05, 0) is 43.9 Å². The van der Waals surface area contributed by atoms with Gasteiger partial charge in [-0.25, -0.2) is 0 Å². The molecule has 0 spiro atoms. The average Bonchev–Trinajstić information content (AvgIpc) is 2.91. The minimum atomic E-state index is 0.494. The fraction of sp³-hybridized carbons (Fsp3) is 0.600. The predicted molar refractivity (Wildman–Crippen MR) is 77.6 cm³/mol. The first kappa shape index (κ1) is 13.5. The van der Waals surface area contributed by atoms with Crippen molar-refractivity contribution in [3.63, 3.8) is 0 Å². The van der Waals surface area contributed by atoms with E-state index in [4.69, 9.17) is 16.3 Å². The summed E-state index contributed by atoms with van der Waals surface area (Å²) in [6.07, 6.45) is 5.52. The Bertz CT molecular complexity index is 375. The molecule has 2 nitrogen and oxygen atoms in total. The molecule has 0 aromatic heterocycles. The fourth-order valence-corrected chi connectivity index (χ4v) is 2.78. The molecule has 2 rings (SSSR count). The summed E-state index contributed by atoms with van der Waals surface area (Å²) in [5.74, 6) is 2.24. The SMILES string of the molecule is CCOc1ccc(NCC2CCCC2)cc1CCl. The van der Waals surface area contributed by atoms with Gasteiger partial charge in [0.25, 0.3) is 0 Å². The average molecular weight is 268 g/mol. The van der Waals surface area contributed by atoms with Gasteiger partial charge in [-0.15, -0.1) is 11.6 Å². The Hall–Kier alpha value is -0.890. The molecule has 0 radical (unpaired) electrons. The van der Waals surface area contributed by atoms with Crippen LogP contribution < -0.4 is 10.1 Å². The monoisotopic (exact) mass is 267 g/mol. The Kier molecular flexibility index (Phi) is 5.18. The summed E-state index contributed by atoms with van der Waals surface area (Å²) < 4.78 is 5.55. The molecule has 0 aliphatic heterocycles. The van der Waals surface area contributed by atoms with Crippen LogP contribution in [0.2, 0.25) is 0 Å². The van der Waals surface area contributed by atoms with E-state index in [0.29, 0.717) is 12.5 Å². The molecule has 3 heteroatoms. The van der Waals surface area contributed by atoms with Crippen LogP contribution in [-0.2, 0) is 5.88 Å². The quantitative estimate of drug-likeness (QED) is 0.770. The van der Waals surface area contributed by atoms with Crippen LogP contribution in [0.1, 0.15) is 38.2 Å². The molecule has 1 N–H and O–H groups in total. The largest absolute Gasteiger partial charge is 0.494 e. The number of benzene rings is 1. The molecule has 18 heavy (non-hydrogen) atoms. The maximum Gasteiger partial charge on any atom is 0.123 e. The lowest BCUT2D eigenvalue weighted by atomic mass is 10.1. The van der Waals surface area contributed by atoms with E-state index in [1.54, 1.807) is 0 Å². The standard InChI is InChI=1S/C15H22ClNO/c1-2-18-15-8-7-14(9-13(15)10-16)17-11-12-5-3-4-6-12/h7-9,12,17H,2-6,10-11H2,1H3. The van der Waals surface area contributed by atoms with Crippen LogP contribution in [0.5, 0.6) is 5.75 Å². The fourth-order valence-electron chi connectivity index (χ4n) is 2.57. The Balaban J connectivity index is 1.95. The van der Waals surface area contributed by atoms with Crippen molar-refractivity contribution in [2.75, 3.05) is 18.5 Å². The molecule has 0 bridgehead atoms. The number of alkyl halides is 1. The number of nitrogens with one attached hydrogen (secondary N) is 1. The van der Waals surface area contributed by atoms with Gasteiger partial charge in [-0.2, -0.15) is 0 Å². The smallest absolute Gasteiger partial charge is 0.123 e. The van der Waals surface area contributed by atoms with E-state index >= 15 is 0 Å². The molecule has 0 heterocycles. The third-order valence-corrected chi connectivity index (χ3v) is 3.86. The summed E-state index contributed by atoms with van der Waals surface area (Å²) in [6, 6.07) is 6.20. The van der Waals surface area contributed by atoms with Gasteiger partial charge in [-0.1, -0.05) is 12.8 Å². The van der Waals surface area contributed by atoms with Crippen molar-refractivity contribution in [2.45, 2.75) is 38.5 Å². The second-order valence-electron chi connectivity index (χ2n) is 4.92. The predicted octanol–water partition coefficient (Wildman–Crippen LogP) is 4.43. The van der Waals surface area contributed by atoms with Gasteiger partial charge in [0.2, 0.25) is 0 Å². The normalized spacial score (nSPS) is 15.9. The van der Waals surface area contributed by atoms with Crippen molar-refractivity contribution in [1.82, 2.24) is 0 Å². The molecule has 0 unspecified atom stereocenters. The van der Waals surface area contributed by atoms with E-state index in [1.165, 1.54) is 25.7 Å². The van der Waals surface area contributed by atoms with Crippen molar-refractivity contribution in [3.8, 4) is 5.75 Å². The van der Waals surface area contributed by atoms with Crippen LogP contribution in [0.25, 0.3) is 0 Å². The number of rotatable bonds is 6. The minimum absolute atomic E-state index is 0.494. The summed E-state index contributed by atoms with van der Waals surface area (Å²) in [5.41, 5.74) is 2.22. The van der Waals surface area contributed by atoms with Crippen LogP contribution in [0.4, 0.5) is 5.69 Å². The highest BCUT2D eigenvalue weighted by atomic mass is 35.5. The molecule has 1 fully saturated rings. The summed E-state index contributed by atoms with van der Waals surface area (Å²) in [5, 5.41) is 3.52. The van der Waals surface area contributed by atoms with Crippen LogP contribution >= 0.6 is 11.6 Å². The van der Waals surface area contributed by atoms with Gasteiger partial charge in [0.1, 0.15) is 5.75 Å². The molecule has 0 saturated heterocycles. The third-order valence-electron chi connectivity index (χ3n) is 3.57. The lowest BCUT2D eigenvalue weighted by molar-refractivity contribution is 0.337. The van der Waals surface area contributed by atoms with Gasteiger partial charge in [0.05, 0.1) is 12.5 Å². The molecule has 100 valence electrons. The van der Waals surface area contributed by atoms with Crippen molar-refractivity contribution in [3.05, 3.63) is 23.8 Å². The summed E-state index contributed by atoms with van der Waals surface area (Å²) >= 11 is 5.96. The number of hydrogen-bond acceptors (Lipinski definition) is 2. The molecule has 1 aromatic carbocycles. The molecule has 1 aliphatic carbocycles. The van der Waals surface area contributed by atoms with Gasteiger partial charge in [0, 0.05) is 17.8 Å². The number of hydrogen-bond donors (Lipinski definition) is 1. The maximum atomic E-state index is 5.96. The van der Waals surface area contributed by atoms with E-state index in [2.05, 4.69) is 17.4 Å². The molecule has 1 aliphatic rings. The number of halogens is 1. The van der Waals surface area contributed by atoms with Crippen LogP contribution in [0.15, 0.2) is 18.2 Å². The van der Waals surface area contributed by atoms with Gasteiger partial charge >= 0.3 is 0 Å². The molecular weight excluding hydrogens is 246 g/mol. The maximum absolute atomic E-state index is 5.96. The summed E-state index contributed by atoms with van der Waals surface area (Å²) in [6.45, 7) is 3.75. The highest BCUT2D eigenvalue weighted by Crippen LogP contribution is 2.27. The zero-order chi connectivity index (χ0) is 12.8. The second kappa shape index (κ2) is 6.89. The minimum Gasteiger partial charge on any atom is -0.494 e. The first-order valence-corrected chi connectivity index (χ1v) is 7.42. The second-order valence-corrected chi connectivity index (χ2v) is 5.19. The summed E-state index contributed by atoms with van der Waals surface area (Å²) in [4.78, 5) is 0. The highest BCUT2D eigenvalue weighted by Gasteiger charge is 2.14. The van der Waals surface area contributed by atoms with E-state index in [-0.39, 0.29) is 0 Å². The van der Waals surface area contributed by atoms with Crippen LogP contribution in [-0.4, -0.2) is 13.2 Å². The van der Waals surface area contributed by atoms with E-state index in [9.17, 15) is 0 Å². The first-order chi connectivity index (χ1) is 8.83. The highest BCUT2D eigenvalue weighted by molar-refractivity contribution is 6.17. The van der Waals surface area contributed by atoms with Gasteiger partial charge in [0.15, 0.2) is 0 Å². The van der Waals surface area contributed by atoms with Crippen LogP contribution in [0, 0.1) is 5.92 Å². The Morgan fingerprint density at radius 3 is 2.78 bits per heavy atom. The van der Waals surface area contributed by atoms with Crippen LogP contribution in [0.3, 0.4) is 0 Å². The number of ether oxygens (including phenoxy) is 1. The Morgan fingerprint density at radius 1 is 1.33 bits per heavy atom. The van der Waals surface area contributed by atoms with Gasteiger partial charge in [-0.3, -0.25) is 0 Å². The molecule has 1 aromatic rings. The van der Waals surface area contributed by atoms with Crippen molar-refractivity contribution in [2.24, 2.45) is 5.92 Å². The number of anilines is 1. The zero-order valence-corrected chi connectivity index (χ0v) is 11.8. The van der Waals surface area contributed by atoms with Crippen molar-refractivity contribution in [1.29, 1.82) is 0 Å². The van der Waals surface area contributed by atoms with Gasteiger partial charge < -0.3 is 10.1 Å². The third kappa shape index (κ3) is 3.55. The van der Waals surface area contributed by atoms with E-state index in [0.717, 1.165) is 29.5 Å². The Morgan fingerprint density at radius 2 is 2.11 bits per heavy atom. The topological polar surface area (TPSA) is 21.3 Å². The molecule has 0 amide bonds. The van der Waals surface area contributed by atoms with Crippen molar-refractivity contribution >= 4 is 17.3 Å². The van der Waals surface area contributed by atoms with E-state index in [1.807, 2.05) is 13.0 Å². The molecular formula is C15H22ClNO. The lowest BCUT2D eigenvalue weighted by Gasteiger charge is -2.14. The summed E-state index contributed by atoms with van der Waals surface area (Å²) in [7, 11) is 0. The zero-order valence-electron chi connectivity index (χ0n) is 11.0. The molecule has 1 saturated carbocycles. The Labute approximate surface area is 115 Å². The van der Waals surface area contributed by atoms with E-state index < -0.39 is 0 Å².